The quantitative estimate of drug-likeness (QED) is 0.744. The van der Waals surface area contributed by atoms with Gasteiger partial charge >= 0.3 is 0 Å². The Hall–Kier alpha value is -1.80. The number of ether oxygens (including phenoxy) is 1. The van der Waals surface area contributed by atoms with E-state index < -0.39 is 0 Å². The summed E-state index contributed by atoms with van der Waals surface area (Å²) < 4.78 is 6.12. The van der Waals surface area contributed by atoms with Crippen molar-refractivity contribution in [1.29, 1.82) is 0 Å². The number of anilines is 2. The van der Waals surface area contributed by atoms with Crippen LogP contribution in [0.1, 0.15) is 32.1 Å². The minimum absolute atomic E-state index is 0.200. The van der Waals surface area contributed by atoms with Crippen molar-refractivity contribution in [2.75, 3.05) is 31.3 Å². The molecule has 0 bridgehead atoms. The lowest BCUT2D eigenvalue weighted by Crippen LogP contribution is -2.35. The largest absolute Gasteiger partial charge is 0.495 e. The molecule has 0 spiro atoms. The topological polar surface area (TPSA) is 67.3 Å². The maximum atomic E-state index is 12.4. The van der Waals surface area contributed by atoms with Crippen LogP contribution in [-0.2, 0) is 4.79 Å². The van der Waals surface area contributed by atoms with E-state index in [9.17, 15) is 4.79 Å². The van der Waals surface area contributed by atoms with Gasteiger partial charge < -0.3 is 15.0 Å². The van der Waals surface area contributed by atoms with Gasteiger partial charge in [-0.25, -0.2) is 0 Å². The average molecular weight is 393 g/mol. The number of hydrogen-bond donors (Lipinski definition) is 1. The van der Waals surface area contributed by atoms with E-state index in [1.54, 1.807) is 7.11 Å². The Bertz CT molecular complexity index is 715. The summed E-state index contributed by atoms with van der Waals surface area (Å²) in [5.41, 5.74) is 0.847. The maximum Gasteiger partial charge on any atom is 0.233 e. The summed E-state index contributed by atoms with van der Waals surface area (Å²) in [5, 5.41) is 12.2. The molecular weight excluding hydrogens is 368 g/mol. The zero-order valence-electron chi connectivity index (χ0n) is 14.9. The van der Waals surface area contributed by atoms with E-state index >= 15 is 0 Å². The summed E-state index contributed by atoms with van der Waals surface area (Å²) >= 11 is 2.90. The Labute approximate surface area is 162 Å². The monoisotopic (exact) mass is 392 g/mol. The Balaban J connectivity index is 1.52. The highest BCUT2D eigenvalue weighted by Gasteiger charge is 2.16. The van der Waals surface area contributed by atoms with Crippen molar-refractivity contribution in [2.24, 2.45) is 0 Å². The maximum absolute atomic E-state index is 12.4. The van der Waals surface area contributed by atoms with Crippen LogP contribution >= 0.6 is 23.1 Å². The van der Waals surface area contributed by atoms with E-state index in [0.29, 0.717) is 10.9 Å². The zero-order valence-corrected chi connectivity index (χ0v) is 16.6. The molecule has 1 N–H and O–H groups in total. The molecular formula is C18H24N4O2S2. The summed E-state index contributed by atoms with van der Waals surface area (Å²) in [6.45, 7) is 1.77. The van der Waals surface area contributed by atoms with Crippen LogP contribution in [0.4, 0.5) is 10.8 Å². The first-order valence-electron chi connectivity index (χ1n) is 8.90. The van der Waals surface area contributed by atoms with E-state index in [4.69, 9.17) is 4.74 Å². The molecule has 1 amide bonds. The summed E-state index contributed by atoms with van der Waals surface area (Å²) in [6.07, 6.45) is 5.98. The number of hydrogen-bond acceptors (Lipinski definition) is 7. The molecule has 26 heavy (non-hydrogen) atoms. The molecule has 1 saturated heterocycles. The van der Waals surface area contributed by atoms with E-state index in [2.05, 4.69) is 15.5 Å². The van der Waals surface area contributed by atoms with Crippen molar-refractivity contribution >= 4 is 39.8 Å². The third kappa shape index (κ3) is 5.35. The van der Waals surface area contributed by atoms with Gasteiger partial charge in [-0.3, -0.25) is 4.79 Å². The van der Waals surface area contributed by atoms with Gasteiger partial charge in [-0.1, -0.05) is 54.5 Å². The van der Waals surface area contributed by atoms with Crippen molar-refractivity contribution in [3.8, 4) is 5.75 Å². The van der Waals surface area contributed by atoms with Gasteiger partial charge in [0.25, 0.3) is 0 Å². The summed E-state index contributed by atoms with van der Waals surface area (Å²) in [5.74, 6) is 1.37. The van der Waals surface area contributed by atoms with Crippen LogP contribution in [0.25, 0.3) is 0 Å². The van der Waals surface area contributed by atoms with Crippen LogP contribution in [-0.4, -0.2) is 47.0 Å². The van der Waals surface area contributed by atoms with Gasteiger partial charge in [0.2, 0.25) is 11.0 Å². The molecule has 3 rings (SSSR count). The summed E-state index contributed by atoms with van der Waals surface area (Å²) in [4.78, 5) is 14.4. The number of nitrogens with one attached hydrogen (secondary N) is 1. The number of nitrogens with zero attached hydrogens (tertiary/aromatic N) is 3. The van der Waals surface area contributed by atoms with Gasteiger partial charge in [0.05, 0.1) is 18.6 Å². The molecule has 1 fully saturated rings. The Morgan fingerprint density at radius 1 is 1.19 bits per heavy atom. The van der Waals surface area contributed by atoms with Gasteiger partial charge in [-0.05, 0) is 25.0 Å². The fourth-order valence-corrected chi connectivity index (χ4v) is 4.56. The van der Waals surface area contributed by atoms with E-state index in [0.717, 1.165) is 41.7 Å². The molecule has 2 aromatic rings. The van der Waals surface area contributed by atoms with Crippen LogP contribution in [0, 0.1) is 0 Å². The average Bonchev–Trinajstić information content (AvgIpc) is 3.07. The number of rotatable bonds is 6. The van der Waals surface area contributed by atoms with Gasteiger partial charge in [-0.2, -0.15) is 0 Å². The number of thioether (sulfide) groups is 1. The van der Waals surface area contributed by atoms with E-state index in [1.165, 1.54) is 42.4 Å². The third-order valence-electron chi connectivity index (χ3n) is 4.28. The van der Waals surface area contributed by atoms with Crippen LogP contribution in [0.2, 0.25) is 0 Å². The molecule has 6 nitrogen and oxygen atoms in total. The molecule has 0 aliphatic carbocycles. The standard InChI is InChI=1S/C18H24N4O2S2/c1-24-15-10-6-5-9-14(15)19-17-20-21-18(26-17)25-13-16(23)22-11-7-3-2-4-8-12-22/h5-6,9-10H,2-4,7-8,11-13H2,1H3,(H,19,20). The van der Waals surface area contributed by atoms with Crippen LogP contribution in [0.3, 0.4) is 0 Å². The van der Waals surface area contributed by atoms with E-state index in [1.807, 2.05) is 29.2 Å². The molecule has 0 unspecified atom stereocenters. The van der Waals surface area contributed by atoms with Gasteiger partial charge in [0, 0.05) is 13.1 Å². The highest BCUT2D eigenvalue weighted by molar-refractivity contribution is 8.01. The van der Waals surface area contributed by atoms with Crippen molar-refractivity contribution in [2.45, 2.75) is 36.4 Å². The van der Waals surface area contributed by atoms with Crippen molar-refractivity contribution in [3.05, 3.63) is 24.3 Å². The molecule has 0 saturated carbocycles. The molecule has 1 aliphatic heterocycles. The predicted octanol–water partition coefficient (Wildman–Crippen LogP) is 4.18. The van der Waals surface area contributed by atoms with Crippen molar-refractivity contribution in [3.63, 3.8) is 0 Å². The third-order valence-corrected chi connectivity index (χ3v) is 6.24. The highest BCUT2D eigenvalue weighted by atomic mass is 32.2. The molecule has 140 valence electrons. The lowest BCUT2D eigenvalue weighted by Gasteiger charge is -2.24. The van der Waals surface area contributed by atoms with Crippen molar-refractivity contribution < 1.29 is 9.53 Å². The Morgan fingerprint density at radius 2 is 1.92 bits per heavy atom. The van der Waals surface area contributed by atoms with Crippen LogP contribution in [0.15, 0.2) is 28.6 Å². The van der Waals surface area contributed by atoms with Gasteiger partial charge in [0.1, 0.15) is 5.75 Å². The molecule has 1 aromatic heterocycles. The molecule has 1 aromatic carbocycles. The Kier molecular flexibility index (Phi) is 7.13. The predicted molar refractivity (Wildman–Crippen MR) is 107 cm³/mol. The number of aromatic nitrogens is 2. The first-order chi connectivity index (χ1) is 12.8. The number of para-hydroxylation sites is 2. The molecule has 1 aliphatic rings. The minimum atomic E-state index is 0.200. The number of carbonyl (C=O) groups excluding carboxylic acids is 1. The van der Waals surface area contributed by atoms with Crippen molar-refractivity contribution in [1.82, 2.24) is 15.1 Å². The number of benzene rings is 1. The second-order valence-corrected chi connectivity index (χ2v) is 8.34. The molecule has 0 atom stereocenters. The van der Waals surface area contributed by atoms with Crippen LogP contribution in [0.5, 0.6) is 5.75 Å². The first kappa shape index (κ1) is 19.0. The zero-order chi connectivity index (χ0) is 18.2. The number of methoxy groups -OCH3 is 1. The van der Waals surface area contributed by atoms with Gasteiger partial charge in [-0.15, -0.1) is 10.2 Å². The highest BCUT2D eigenvalue weighted by Crippen LogP contribution is 2.31. The SMILES string of the molecule is COc1ccccc1Nc1nnc(SCC(=O)N2CCCCCCC2)s1. The van der Waals surface area contributed by atoms with Crippen LogP contribution < -0.4 is 10.1 Å². The first-order valence-corrected chi connectivity index (χ1v) is 10.7. The number of amides is 1. The van der Waals surface area contributed by atoms with E-state index in [-0.39, 0.29) is 5.91 Å². The smallest absolute Gasteiger partial charge is 0.233 e. The fraction of sp³-hybridized carbons (Fsp3) is 0.500. The lowest BCUT2D eigenvalue weighted by molar-refractivity contribution is -0.128. The molecule has 8 heteroatoms. The normalized spacial score (nSPS) is 15.2. The number of carbonyl (C=O) groups is 1. The second kappa shape index (κ2) is 9.78. The lowest BCUT2D eigenvalue weighted by atomic mass is 10.1. The summed E-state index contributed by atoms with van der Waals surface area (Å²) in [7, 11) is 1.64. The fourth-order valence-electron chi connectivity index (χ4n) is 2.89. The second-order valence-electron chi connectivity index (χ2n) is 6.14. The van der Waals surface area contributed by atoms with Gasteiger partial charge in [0.15, 0.2) is 4.34 Å². The molecule has 2 heterocycles. The Morgan fingerprint density at radius 3 is 2.69 bits per heavy atom. The number of likely N-dealkylation sites (tertiary alicyclic amines) is 1. The minimum Gasteiger partial charge on any atom is -0.495 e. The summed E-state index contributed by atoms with van der Waals surface area (Å²) in [6, 6.07) is 7.67. The molecule has 0 radical (unpaired) electrons.